The number of pyridine rings is 1. The third-order valence-electron chi connectivity index (χ3n) is 4.17. The number of H-pyrrole nitrogens is 1. The number of halogens is 1. The Hall–Kier alpha value is -3.23. The summed E-state index contributed by atoms with van der Waals surface area (Å²) in [5.74, 6) is 2.11. The van der Waals surface area contributed by atoms with E-state index in [9.17, 15) is 4.39 Å². The van der Waals surface area contributed by atoms with E-state index in [0.717, 1.165) is 5.69 Å². The molecule has 1 aliphatic carbocycles. The molecular formula is C17H19FN8. The molecule has 26 heavy (non-hydrogen) atoms. The first-order valence-electron chi connectivity index (χ1n) is 8.42. The summed E-state index contributed by atoms with van der Waals surface area (Å²) in [4.78, 5) is 12.4. The number of hydrogen-bond acceptors (Lipinski definition) is 7. The number of rotatable bonds is 6. The standard InChI is InChI=1S/C17H19FN8/c1-9(12-5-4-11(18)8-20-12)21-14-7-15(24-17(19)23-14)22-16-6-13(25-26-16)10-2-3-10/h4-10H,2-3H2,1H3,(H5,19,21,22,23,24,25,26). The van der Waals surface area contributed by atoms with Crippen molar-refractivity contribution in [3.8, 4) is 0 Å². The molecule has 0 saturated heterocycles. The second kappa shape index (κ2) is 6.58. The molecule has 1 aliphatic rings. The van der Waals surface area contributed by atoms with Gasteiger partial charge in [-0.3, -0.25) is 10.1 Å². The number of hydrogen-bond donors (Lipinski definition) is 4. The van der Waals surface area contributed by atoms with E-state index in [-0.39, 0.29) is 17.8 Å². The maximum Gasteiger partial charge on any atom is 0.223 e. The Balaban J connectivity index is 1.48. The van der Waals surface area contributed by atoms with Crippen LogP contribution in [0.4, 0.5) is 27.8 Å². The van der Waals surface area contributed by atoms with Crippen molar-refractivity contribution in [2.75, 3.05) is 16.4 Å². The van der Waals surface area contributed by atoms with Crippen LogP contribution in [0.25, 0.3) is 0 Å². The topological polar surface area (TPSA) is 117 Å². The van der Waals surface area contributed by atoms with Crippen LogP contribution in [0.5, 0.6) is 0 Å². The van der Waals surface area contributed by atoms with Crippen LogP contribution in [0.15, 0.2) is 30.5 Å². The fourth-order valence-corrected chi connectivity index (χ4v) is 2.68. The van der Waals surface area contributed by atoms with Gasteiger partial charge in [-0.25, -0.2) is 4.39 Å². The number of nitrogens with one attached hydrogen (secondary N) is 3. The van der Waals surface area contributed by atoms with E-state index in [1.807, 2.05) is 13.0 Å². The number of nitrogen functional groups attached to an aromatic ring is 1. The van der Waals surface area contributed by atoms with Crippen LogP contribution in [0.3, 0.4) is 0 Å². The Kier molecular flexibility index (Phi) is 4.11. The monoisotopic (exact) mass is 354 g/mol. The van der Waals surface area contributed by atoms with Crippen LogP contribution in [0.1, 0.15) is 43.1 Å². The van der Waals surface area contributed by atoms with E-state index >= 15 is 0 Å². The summed E-state index contributed by atoms with van der Waals surface area (Å²) in [5, 5.41) is 13.6. The summed E-state index contributed by atoms with van der Waals surface area (Å²) in [5.41, 5.74) is 7.64. The highest BCUT2D eigenvalue weighted by molar-refractivity contribution is 5.58. The summed E-state index contributed by atoms with van der Waals surface area (Å²) in [6.07, 6.45) is 3.58. The van der Waals surface area contributed by atoms with Gasteiger partial charge in [0.2, 0.25) is 5.95 Å². The van der Waals surface area contributed by atoms with E-state index in [4.69, 9.17) is 5.73 Å². The third-order valence-corrected chi connectivity index (χ3v) is 4.17. The molecule has 134 valence electrons. The van der Waals surface area contributed by atoms with Crippen molar-refractivity contribution in [2.24, 2.45) is 0 Å². The van der Waals surface area contributed by atoms with Gasteiger partial charge in [-0.05, 0) is 31.9 Å². The van der Waals surface area contributed by atoms with Gasteiger partial charge in [-0.2, -0.15) is 15.1 Å². The smallest absolute Gasteiger partial charge is 0.223 e. The van der Waals surface area contributed by atoms with E-state index in [1.165, 1.54) is 25.1 Å². The number of aromatic nitrogens is 5. The van der Waals surface area contributed by atoms with Crippen molar-refractivity contribution in [1.82, 2.24) is 25.1 Å². The molecule has 3 aromatic rings. The molecule has 3 heterocycles. The highest BCUT2D eigenvalue weighted by Crippen LogP contribution is 2.39. The van der Waals surface area contributed by atoms with Gasteiger partial charge in [0.1, 0.15) is 17.5 Å². The summed E-state index contributed by atoms with van der Waals surface area (Å²) >= 11 is 0. The fraction of sp³-hybridized carbons (Fsp3) is 0.294. The number of nitrogens with zero attached hydrogens (tertiary/aromatic N) is 4. The third kappa shape index (κ3) is 3.71. The second-order valence-electron chi connectivity index (χ2n) is 6.37. The van der Waals surface area contributed by atoms with Gasteiger partial charge in [0.25, 0.3) is 0 Å². The summed E-state index contributed by atoms with van der Waals surface area (Å²) < 4.78 is 13.0. The zero-order valence-electron chi connectivity index (χ0n) is 14.2. The van der Waals surface area contributed by atoms with Crippen LogP contribution in [0, 0.1) is 5.82 Å². The van der Waals surface area contributed by atoms with Crippen molar-refractivity contribution in [1.29, 1.82) is 0 Å². The van der Waals surface area contributed by atoms with Crippen molar-refractivity contribution >= 4 is 23.4 Å². The van der Waals surface area contributed by atoms with Gasteiger partial charge >= 0.3 is 0 Å². The summed E-state index contributed by atoms with van der Waals surface area (Å²) in [7, 11) is 0. The highest BCUT2D eigenvalue weighted by Gasteiger charge is 2.25. The predicted molar refractivity (Wildman–Crippen MR) is 96.5 cm³/mol. The van der Waals surface area contributed by atoms with Gasteiger partial charge in [-0.15, -0.1) is 0 Å². The molecule has 1 unspecified atom stereocenters. The molecule has 0 amide bonds. The zero-order chi connectivity index (χ0) is 18.1. The summed E-state index contributed by atoms with van der Waals surface area (Å²) in [6.45, 7) is 1.90. The molecule has 0 spiro atoms. The quantitative estimate of drug-likeness (QED) is 0.537. The number of nitrogens with two attached hydrogens (primary N) is 1. The first kappa shape index (κ1) is 16.2. The average molecular weight is 354 g/mol. The molecule has 5 N–H and O–H groups in total. The predicted octanol–water partition coefficient (Wildman–Crippen LogP) is 3.11. The maximum absolute atomic E-state index is 13.0. The Morgan fingerprint density at radius 2 is 2.00 bits per heavy atom. The van der Waals surface area contributed by atoms with Crippen LogP contribution in [0.2, 0.25) is 0 Å². The fourth-order valence-electron chi connectivity index (χ4n) is 2.68. The van der Waals surface area contributed by atoms with Gasteiger partial charge in [0.05, 0.1) is 17.9 Å². The molecule has 9 heteroatoms. The van der Waals surface area contributed by atoms with Crippen molar-refractivity contribution < 1.29 is 4.39 Å². The molecule has 4 rings (SSSR count). The van der Waals surface area contributed by atoms with Crippen LogP contribution < -0.4 is 16.4 Å². The SMILES string of the molecule is CC(Nc1cc(Nc2cc(C3CC3)[nH]n2)nc(N)n1)c1ccc(F)cn1. The lowest BCUT2D eigenvalue weighted by molar-refractivity contribution is 0.617. The summed E-state index contributed by atoms with van der Waals surface area (Å²) in [6, 6.07) is 6.54. The van der Waals surface area contributed by atoms with Crippen molar-refractivity contribution in [2.45, 2.75) is 31.7 Å². The van der Waals surface area contributed by atoms with Gasteiger partial charge in [-0.1, -0.05) is 0 Å². The van der Waals surface area contributed by atoms with Gasteiger partial charge in [0, 0.05) is 23.7 Å². The Labute approximate surface area is 149 Å². The minimum Gasteiger partial charge on any atom is -0.368 e. The maximum atomic E-state index is 13.0. The van der Waals surface area contributed by atoms with E-state index in [2.05, 4.69) is 35.8 Å². The minimum absolute atomic E-state index is 0.134. The molecule has 3 aromatic heterocycles. The molecule has 8 nitrogen and oxygen atoms in total. The van der Waals surface area contributed by atoms with Gasteiger partial charge < -0.3 is 16.4 Å². The Morgan fingerprint density at radius 3 is 2.73 bits per heavy atom. The molecule has 0 aromatic carbocycles. The van der Waals surface area contributed by atoms with E-state index in [0.29, 0.717) is 29.1 Å². The molecule has 0 aliphatic heterocycles. The lowest BCUT2D eigenvalue weighted by Gasteiger charge is -2.15. The Morgan fingerprint density at radius 1 is 1.19 bits per heavy atom. The average Bonchev–Trinajstić information content (AvgIpc) is 3.35. The van der Waals surface area contributed by atoms with E-state index < -0.39 is 0 Å². The second-order valence-corrected chi connectivity index (χ2v) is 6.37. The van der Waals surface area contributed by atoms with Gasteiger partial charge in [0.15, 0.2) is 5.82 Å². The van der Waals surface area contributed by atoms with Crippen LogP contribution in [-0.4, -0.2) is 25.1 Å². The van der Waals surface area contributed by atoms with Crippen LogP contribution >= 0.6 is 0 Å². The van der Waals surface area contributed by atoms with Crippen LogP contribution in [-0.2, 0) is 0 Å². The number of aromatic amines is 1. The van der Waals surface area contributed by atoms with Crippen molar-refractivity contribution in [3.05, 3.63) is 47.7 Å². The highest BCUT2D eigenvalue weighted by atomic mass is 19.1. The molecule has 1 fully saturated rings. The first-order valence-corrected chi connectivity index (χ1v) is 8.42. The zero-order valence-corrected chi connectivity index (χ0v) is 14.2. The first-order chi connectivity index (χ1) is 12.6. The molecule has 1 atom stereocenters. The Bertz CT molecular complexity index is 903. The lowest BCUT2D eigenvalue weighted by atomic mass is 10.2. The normalized spacial score (nSPS) is 14.8. The minimum atomic E-state index is -0.372. The molecular weight excluding hydrogens is 335 g/mol. The van der Waals surface area contributed by atoms with E-state index in [1.54, 1.807) is 12.1 Å². The van der Waals surface area contributed by atoms with Crippen molar-refractivity contribution in [3.63, 3.8) is 0 Å². The number of anilines is 4. The molecule has 0 bridgehead atoms. The largest absolute Gasteiger partial charge is 0.368 e. The lowest BCUT2D eigenvalue weighted by Crippen LogP contribution is -2.11. The molecule has 1 saturated carbocycles. The molecule has 0 radical (unpaired) electrons.